The number of nitrogens with zero attached hydrogens (tertiary/aromatic N) is 1. The molecule has 120 valence electrons. The molecule has 4 rings (SSSR count). The molecule has 3 aliphatic rings. The minimum Gasteiger partial charge on any atom is -0.360 e. The highest BCUT2D eigenvalue weighted by Gasteiger charge is 2.80. The maximum atomic E-state index is 6.56. The van der Waals surface area contributed by atoms with Gasteiger partial charge in [-0.3, -0.25) is 4.90 Å². The number of hydrogen-bond donors (Lipinski definition) is 0. The Bertz CT molecular complexity index is 544. The van der Waals surface area contributed by atoms with E-state index in [0.29, 0.717) is 18.0 Å². The minimum atomic E-state index is 0.175. The third-order valence-electron chi connectivity index (χ3n) is 6.86. The first-order valence-corrected chi connectivity index (χ1v) is 9.18. The predicted octanol–water partition coefficient (Wildman–Crippen LogP) is 4.39. The maximum Gasteiger partial charge on any atom is 0.113 e. The summed E-state index contributed by atoms with van der Waals surface area (Å²) >= 11 is 0. The van der Waals surface area contributed by atoms with Gasteiger partial charge in [0.15, 0.2) is 0 Å². The summed E-state index contributed by atoms with van der Waals surface area (Å²) in [5, 5.41) is 0. The maximum absolute atomic E-state index is 6.56. The third-order valence-corrected chi connectivity index (χ3v) is 6.86. The molecule has 1 aliphatic carbocycles. The molecule has 0 aromatic heterocycles. The summed E-state index contributed by atoms with van der Waals surface area (Å²) in [5.74, 6) is 0.708. The van der Waals surface area contributed by atoms with Gasteiger partial charge in [-0.05, 0) is 44.6 Å². The van der Waals surface area contributed by atoms with Crippen LogP contribution in [0.3, 0.4) is 0 Å². The Labute approximate surface area is 134 Å². The molecular weight excluding hydrogens is 270 g/mol. The van der Waals surface area contributed by atoms with E-state index in [1.165, 1.54) is 37.7 Å². The van der Waals surface area contributed by atoms with Crippen molar-refractivity contribution in [2.75, 3.05) is 0 Å². The van der Waals surface area contributed by atoms with E-state index >= 15 is 0 Å². The Hall–Kier alpha value is -0.860. The van der Waals surface area contributed by atoms with Gasteiger partial charge in [-0.15, -0.1) is 0 Å². The van der Waals surface area contributed by atoms with Crippen LogP contribution in [0.25, 0.3) is 0 Å². The quantitative estimate of drug-likeness (QED) is 0.766. The lowest BCUT2D eigenvalue weighted by atomic mass is 9.69. The summed E-state index contributed by atoms with van der Waals surface area (Å²) in [6, 6.07) is 12.2. The van der Waals surface area contributed by atoms with Crippen molar-refractivity contribution in [3.8, 4) is 0 Å². The second kappa shape index (κ2) is 5.07. The standard InChI is InChI=1S/C20H29NO/c1-4-17-18(5-2)21(14-16-10-7-6-8-11-16)15(3)19-12-9-13-20(17,19)22-19/h6-8,10-11,15,17-18H,4-5,9,12-14H2,1-3H3/t15-,17-,18-,19+,20-/m1/s1. The van der Waals surface area contributed by atoms with E-state index in [9.17, 15) is 0 Å². The Morgan fingerprint density at radius 3 is 2.50 bits per heavy atom. The van der Waals surface area contributed by atoms with Gasteiger partial charge in [0, 0.05) is 24.5 Å². The van der Waals surface area contributed by atoms with Crippen LogP contribution in [-0.4, -0.2) is 28.2 Å². The molecule has 0 radical (unpaired) electrons. The Kier molecular flexibility index (Phi) is 3.39. The van der Waals surface area contributed by atoms with Gasteiger partial charge in [-0.2, -0.15) is 0 Å². The molecule has 1 aromatic rings. The Morgan fingerprint density at radius 1 is 1.09 bits per heavy atom. The monoisotopic (exact) mass is 299 g/mol. The van der Waals surface area contributed by atoms with Crippen LogP contribution >= 0.6 is 0 Å². The van der Waals surface area contributed by atoms with Crippen LogP contribution in [0.15, 0.2) is 30.3 Å². The van der Waals surface area contributed by atoms with Crippen LogP contribution in [0.4, 0.5) is 0 Å². The molecular formula is C20H29NO. The molecule has 2 nitrogen and oxygen atoms in total. The van der Waals surface area contributed by atoms with Crippen LogP contribution < -0.4 is 0 Å². The number of hydrogen-bond acceptors (Lipinski definition) is 2. The van der Waals surface area contributed by atoms with Gasteiger partial charge in [0.1, 0.15) is 11.2 Å². The number of ether oxygens (including phenoxy) is 1. The first kappa shape index (κ1) is 14.7. The normalized spacial score (nSPS) is 43.7. The topological polar surface area (TPSA) is 15.8 Å². The molecule has 5 atom stereocenters. The van der Waals surface area contributed by atoms with Crippen LogP contribution in [-0.2, 0) is 11.3 Å². The van der Waals surface area contributed by atoms with Crippen molar-refractivity contribution < 1.29 is 4.74 Å². The number of benzene rings is 1. The lowest BCUT2D eigenvalue weighted by Crippen LogP contribution is -2.60. The fraction of sp³-hybridized carbons (Fsp3) is 0.700. The van der Waals surface area contributed by atoms with E-state index < -0.39 is 0 Å². The molecule has 1 saturated carbocycles. The number of piperidine rings is 1. The summed E-state index contributed by atoms with van der Waals surface area (Å²) < 4.78 is 6.56. The zero-order valence-corrected chi connectivity index (χ0v) is 14.2. The molecule has 2 heterocycles. The fourth-order valence-corrected chi connectivity index (χ4v) is 5.93. The van der Waals surface area contributed by atoms with Gasteiger partial charge >= 0.3 is 0 Å². The molecule has 0 N–H and O–H groups in total. The predicted molar refractivity (Wildman–Crippen MR) is 89.7 cm³/mol. The van der Waals surface area contributed by atoms with Crippen LogP contribution in [0.1, 0.15) is 58.4 Å². The first-order chi connectivity index (χ1) is 10.7. The van der Waals surface area contributed by atoms with Gasteiger partial charge in [0.05, 0.1) is 0 Å². The second-order valence-electron chi connectivity index (χ2n) is 7.56. The van der Waals surface area contributed by atoms with E-state index in [1.54, 1.807) is 0 Å². The second-order valence-corrected chi connectivity index (χ2v) is 7.56. The Balaban J connectivity index is 1.68. The SMILES string of the molecule is CC[C@@H]1[C@@H](CC)[C@]23CCC[C@]2(O3)[C@@H](C)N1Cc1ccccc1. The highest BCUT2D eigenvalue weighted by molar-refractivity contribution is 5.31. The van der Waals surface area contributed by atoms with Crippen LogP contribution in [0.2, 0.25) is 0 Å². The first-order valence-electron chi connectivity index (χ1n) is 9.18. The average Bonchev–Trinajstić information content (AvgIpc) is 3.08. The van der Waals surface area contributed by atoms with Crippen LogP contribution in [0, 0.1) is 5.92 Å². The van der Waals surface area contributed by atoms with E-state index in [2.05, 4.69) is 56.0 Å². The summed E-state index contributed by atoms with van der Waals surface area (Å²) in [6.07, 6.45) is 6.41. The molecule has 0 bridgehead atoms. The van der Waals surface area contributed by atoms with Gasteiger partial charge in [-0.1, -0.05) is 44.2 Å². The van der Waals surface area contributed by atoms with Crippen molar-refractivity contribution in [2.45, 2.75) is 82.7 Å². The average molecular weight is 299 g/mol. The fourth-order valence-electron chi connectivity index (χ4n) is 5.93. The molecule has 22 heavy (non-hydrogen) atoms. The van der Waals surface area contributed by atoms with E-state index in [4.69, 9.17) is 4.74 Å². The summed E-state index contributed by atoms with van der Waals surface area (Å²) in [6.45, 7) is 8.21. The zero-order chi connectivity index (χ0) is 15.4. The van der Waals surface area contributed by atoms with E-state index in [0.717, 1.165) is 6.54 Å². The molecule has 2 saturated heterocycles. The minimum absolute atomic E-state index is 0.175. The van der Waals surface area contributed by atoms with Crippen molar-refractivity contribution in [3.63, 3.8) is 0 Å². The highest BCUT2D eigenvalue weighted by atomic mass is 16.6. The molecule has 2 heteroatoms. The van der Waals surface area contributed by atoms with Crippen molar-refractivity contribution in [1.82, 2.24) is 4.90 Å². The molecule has 3 fully saturated rings. The van der Waals surface area contributed by atoms with Gasteiger partial charge in [0.2, 0.25) is 0 Å². The summed E-state index contributed by atoms with van der Waals surface area (Å²) in [7, 11) is 0. The van der Waals surface area contributed by atoms with E-state index in [1.807, 2.05) is 0 Å². The molecule has 0 amide bonds. The molecule has 2 aliphatic heterocycles. The third kappa shape index (κ3) is 1.74. The lowest BCUT2D eigenvalue weighted by molar-refractivity contribution is 0.0145. The smallest absolute Gasteiger partial charge is 0.113 e. The molecule has 0 spiro atoms. The highest BCUT2D eigenvalue weighted by Crippen LogP contribution is 2.70. The van der Waals surface area contributed by atoms with Crippen molar-refractivity contribution in [1.29, 1.82) is 0 Å². The van der Waals surface area contributed by atoms with Gasteiger partial charge in [0.25, 0.3) is 0 Å². The largest absolute Gasteiger partial charge is 0.360 e. The molecule has 1 aromatic carbocycles. The van der Waals surface area contributed by atoms with Gasteiger partial charge in [-0.25, -0.2) is 0 Å². The van der Waals surface area contributed by atoms with E-state index in [-0.39, 0.29) is 11.2 Å². The summed E-state index contributed by atoms with van der Waals surface area (Å²) in [4.78, 5) is 2.76. The number of rotatable bonds is 4. The van der Waals surface area contributed by atoms with Crippen molar-refractivity contribution in [3.05, 3.63) is 35.9 Å². The van der Waals surface area contributed by atoms with Crippen LogP contribution in [0.5, 0.6) is 0 Å². The summed E-state index contributed by atoms with van der Waals surface area (Å²) in [5.41, 5.74) is 1.84. The van der Waals surface area contributed by atoms with Crippen molar-refractivity contribution >= 4 is 0 Å². The number of epoxide rings is 1. The van der Waals surface area contributed by atoms with Crippen molar-refractivity contribution in [2.24, 2.45) is 5.92 Å². The zero-order valence-electron chi connectivity index (χ0n) is 14.2. The number of likely N-dealkylation sites (tertiary alicyclic amines) is 1. The lowest BCUT2D eigenvalue weighted by Gasteiger charge is -2.48. The molecule has 0 unspecified atom stereocenters. The Morgan fingerprint density at radius 2 is 1.82 bits per heavy atom. The van der Waals surface area contributed by atoms with Gasteiger partial charge < -0.3 is 4.74 Å².